The summed E-state index contributed by atoms with van der Waals surface area (Å²) in [4.78, 5) is 0. The first-order chi connectivity index (χ1) is 4.69. The molecule has 4 N–H and O–H groups in total. The van der Waals surface area contributed by atoms with Gasteiger partial charge < -0.3 is 16.2 Å². The second kappa shape index (κ2) is 2.86. The van der Waals surface area contributed by atoms with Gasteiger partial charge in [0.25, 0.3) is 0 Å². The third-order valence-corrected chi connectivity index (χ3v) is 2.44. The number of aliphatic hydroxyl groups is 1. The van der Waals surface area contributed by atoms with Crippen molar-refractivity contribution in [2.24, 2.45) is 11.7 Å². The first kappa shape index (κ1) is 7.98. The van der Waals surface area contributed by atoms with Crippen LogP contribution in [0, 0.1) is 5.92 Å². The minimum atomic E-state index is -0.533. The zero-order chi connectivity index (χ0) is 7.61. The van der Waals surface area contributed by atoms with E-state index in [1.54, 1.807) is 0 Å². The lowest BCUT2D eigenvalue weighted by Gasteiger charge is -2.27. The van der Waals surface area contributed by atoms with E-state index in [0.29, 0.717) is 13.1 Å². The number of hydrogen-bond acceptors (Lipinski definition) is 3. The number of rotatable bonds is 2. The van der Waals surface area contributed by atoms with Crippen LogP contribution in [0.15, 0.2) is 0 Å². The van der Waals surface area contributed by atoms with Gasteiger partial charge in [-0.15, -0.1) is 0 Å². The summed E-state index contributed by atoms with van der Waals surface area (Å²) in [5, 5.41) is 12.9. The molecule has 1 heterocycles. The van der Waals surface area contributed by atoms with Crippen LogP contribution in [0.1, 0.15) is 13.3 Å². The summed E-state index contributed by atoms with van der Waals surface area (Å²) in [6.45, 7) is 4.18. The van der Waals surface area contributed by atoms with Gasteiger partial charge in [0.1, 0.15) is 0 Å². The number of nitrogens with two attached hydrogens (primary N) is 1. The van der Waals surface area contributed by atoms with Gasteiger partial charge in [-0.1, -0.05) is 6.92 Å². The van der Waals surface area contributed by atoms with Crippen LogP contribution in [0.25, 0.3) is 0 Å². The normalized spacial score (nSPS) is 36.3. The molecule has 10 heavy (non-hydrogen) atoms. The molecule has 3 nitrogen and oxygen atoms in total. The highest BCUT2D eigenvalue weighted by Crippen LogP contribution is 2.22. The van der Waals surface area contributed by atoms with Gasteiger partial charge in [-0.2, -0.15) is 0 Å². The molecular weight excluding hydrogens is 128 g/mol. The van der Waals surface area contributed by atoms with Gasteiger partial charge in [-0.3, -0.25) is 0 Å². The predicted octanol–water partition coefficient (Wildman–Crippen LogP) is -0.694. The lowest BCUT2D eigenvalue weighted by atomic mass is 9.88. The number of β-amino-alcohol motifs (C(OH)–C–C–N with tert-alkyl or cyclic N) is 1. The van der Waals surface area contributed by atoms with E-state index in [2.05, 4.69) is 5.32 Å². The minimum absolute atomic E-state index is 0.211. The van der Waals surface area contributed by atoms with Crippen molar-refractivity contribution in [2.75, 3.05) is 19.6 Å². The monoisotopic (exact) mass is 144 g/mol. The Balaban J connectivity index is 2.49. The maximum atomic E-state index is 9.82. The molecule has 3 heteroatoms. The lowest BCUT2D eigenvalue weighted by molar-refractivity contribution is 0.0113. The van der Waals surface area contributed by atoms with Crippen LogP contribution < -0.4 is 11.1 Å². The third kappa shape index (κ3) is 1.31. The Hall–Kier alpha value is -0.120. The summed E-state index contributed by atoms with van der Waals surface area (Å²) < 4.78 is 0. The summed E-state index contributed by atoms with van der Waals surface area (Å²) in [5.74, 6) is 0.211. The van der Waals surface area contributed by atoms with E-state index in [1.807, 2.05) is 6.92 Å². The largest absolute Gasteiger partial charge is 0.388 e. The third-order valence-electron chi connectivity index (χ3n) is 2.44. The van der Waals surface area contributed by atoms with E-state index < -0.39 is 5.60 Å². The molecule has 0 saturated carbocycles. The maximum absolute atomic E-state index is 9.82. The molecule has 0 amide bonds. The van der Waals surface area contributed by atoms with Crippen molar-refractivity contribution in [3.63, 3.8) is 0 Å². The van der Waals surface area contributed by atoms with Gasteiger partial charge in [0.05, 0.1) is 5.60 Å². The fourth-order valence-electron chi connectivity index (χ4n) is 1.34. The standard InChI is InChI=1S/C7H16N2O/c1-6(4-8)7(10)2-3-9-5-7/h6,9-10H,2-5,8H2,1H3. The van der Waals surface area contributed by atoms with Crippen molar-refractivity contribution >= 4 is 0 Å². The smallest absolute Gasteiger partial charge is 0.0820 e. The fraction of sp³-hybridized carbons (Fsp3) is 1.00. The molecule has 0 aromatic heterocycles. The molecular formula is C7H16N2O. The van der Waals surface area contributed by atoms with Crippen molar-refractivity contribution in [3.8, 4) is 0 Å². The molecule has 1 fully saturated rings. The molecule has 60 valence electrons. The average molecular weight is 144 g/mol. The van der Waals surface area contributed by atoms with Gasteiger partial charge in [0.2, 0.25) is 0 Å². The second-order valence-electron chi connectivity index (χ2n) is 3.17. The van der Waals surface area contributed by atoms with E-state index in [-0.39, 0.29) is 5.92 Å². The highest BCUT2D eigenvalue weighted by molar-refractivity contribution is 4.92. The molecule has 1 aliphatic heterocycles. The van der Waals surface area contributed by atoms with Gasteiger partial charge in [-0.05, 0) is 25.4 Å². The molecule has 1 saturated heterocycles. The quantitative estimate of drug-likeness (QED) is 0.480. The number of nitrogens with one attached hydrogen (secondary N) is 1. The Kier molecular flexibility index (Phi) is 2.28. The molecule has 0 spiro atoms. The molecule has 2 atom stereocenters. The average Bonchev–Trinajstić information content (AvgIpc) is 2.36. The van der Waals surface area contributed by atoms with Crippen LogP contribution in [-0.2, 0) is 0 Å². The van der Waals surface area contributed by atoms with Crippen LogP contribution in [0.4, 0.5) is 0 Å². The Labute approximate surface area is 61.6 Å². The highest BCUT2D eigenvalue weighted by atomic mass is 16.3. The number of hydrogen-bond donors (Lipinski definition) is 3. The SMILES string of the molecule is CC(CN)C1(O)CCNC1. The summed E-state index contributed by atoms with van der Waals surface area (Å²) in [5.41, 5.74) is 4.92. The molecule has 0 bridgehead atoms. The Morgan fingerprint density at radius 1 is 1.80 bits per heavy atom. The van der Waals surface area contributed by atoms with Crippen molar-refractivity contribution < 1.29 is 5.11 Å². The molecule has 0 radical (unpaired) electrons. The molecule has 1 aliphatic rings. The topological polar surface area (TPSA) is 58.3 Å². The summed E-state index contributed by atoms with van der Waals surface area (Å²) in [6.07, 6.45) is 0.839. The summed E-state index contributed by atoms with van der Waals surface area (Å²) in [6, 6.07) is 0. The zero-order valence-corrected chi connectivity index (χ0v) is 6.43. The molecule has 1 rings (SSSR count). The Bertz CT molecular complexity index is 110. The highest BCUT2D eigenvalue weighted by Gasteiger charge is 2.35. The Morgan fingerprint density at radius 2 is 2.50 bits per heavy atom. The first-order valence-corrected chi connectivity index (χ1v) is 3.82. The van der Waals surface area contributed by atoms with E-state index in [1.165, 1.54) is 0 Å². The van der Waals surface area contributed by atoms with Gasteiger partial charge in [0.15, 0.2) is 0 Å². The maximum Gasteiger partial charge on any atom is 0.0820 e. The zero-order valence-electron chi connectivity index (χ0n) is 6.43. The van der Waals surface area contributed by atoms with Crippen LogP contribution in [0.5, 0.6) is 0 Å². The van der Waals surface area contributed by atoms with Crippen LogP contribution in [0.3, 0.4) is 0 Å². The van der Waals surface area contributed by atoms with Gasteiger partial charge in [-0.25, -0.2) is 0 Å². The first-order valence-electron chi connectivity index (χ1n) is 3.82. The van der Waals surface area contributed by atoms with Crippen LogP contribution in [0.2, 0.25) is 0 Å². The summed E-state index contributed by atoms with van der Waals surface area (Å²) in [7, 11) is 0. The molecule has 2 unspecified atom stereocenters. The van der Waals surface area contributed by atoms with Crippen LogP contribution in [-0.4, -0.2) is 30.3 Å². The predicted molar refractivity (Wildman–Crippen MR) is 40.7 cm³/mol. The van der Waals surface area contributed by atoms with E-state index in [9.17, 15) is 5.11 Å². The van der Waals surface area contributed by atoms with Crippen molar-refractivity contribution in [1.82, 2.24) is 5.32 Å². The van der Waals surface area contributed by atoms with Gasteiger partial charge in [0, 0.05) is 6.54 Å². The lowest BCUT2D eigenvalue weighted by Crippen LogP contribution is -2.42. The van der Waals surface area contributed by atoms with Crippen molar-refractivity contribution in [1.29, 1.82) is 0 Å². The molecule has 0 aromatic rings. The van der Waals surface area contributed by atoms with Gasteiger partial charge >= 0.3 is 0 Å². The Morgan fingerprint density at radius 3 is 2.90 bits per heavy atom. The molecule has 0 aliphatic carbocycles. The van der Waals surface area contributed by atoms with Crippen molar-refractivity contribution in [2.45, 2.75) is 18.9 Å². The van der Waals surface area contributed by atoms with Crippen LogP contribution >= 0.6 is 0 Å². The van der Waals surface area contributed by atoms with E-state index >= 15 is 0 Å². The second-order valence-corrected chi connectivity index (χ2v) is 3.17. The van der Waals surface area contributed by atoms with Crippen molar-refractivity contribution in [3.05, 3.63) is 0 Å². The summed E-state index contributed by atoms with van der Waals surface area (Å²) >= 11 is 0. The molecule has 0 aromatic carbocycles. The minimum Gasteiger partial charge on any atom is -0.388 e. The van der Waals surface area contributed by atoms with E-state index in [0.717, 1.165) is 13.0 Å². The van der Waals surface area contributed by atoms with E-state index in [4.69, 9.17) is 5.73 Å². The fourth-order valence-corrected chi connectivity index (χ4v) is 1.34.